The Kier molecular flexibility index (Phi) is 7.78. The number of carbonyl (C=O) groups is 2. The Morgan fingerprint density at radius 1 is 1.36 bits per heavy atom. The van der Waals surface area contributed by atoms with Crippen LogP contribution in [-0.2, 0) is 30.9 Å². The van der Waals surface area contributed by atoms with Crippen molar-refractivity contribution < 1.29 is 22.7 Å². The molecular weight excluding hydrogens is 529 g/mol. The number of esters is 1. The predicted molar refractivity (Wildman–Crippen MR) is 127 cm³/mol. The van der Waals surface area contributed by atoms with Crippen LogP contribution in [0, 0.1) is 11.3 Å². The van der Waals surface area contributed by atoms with E-state index < -0.39 is 40.1 Å². The first-order valence-electron chi connectivity index (χ1n) is 9.76. The van der Waals surface area contributed by atoms with Crippen molar-refractivity contribution in [1.29, 1.82) is 5.26 Å². The first-order valence-corrected chi connectivity index (χ1v) is 13.7. The van der Waals surface area contributed by atoms with Gasteiger partial charge in [0.15, 0.2) is 0 Å². The number of halogens is 2. The van der Waals surface area contributed by atoms with Gasteiger partial charge in [0, 0.05) is 13.1 Å². The van der Waals surface area contributed by atoms with Crippen LogP contribution in [0.25, 0.3) is 0 Å². The van der Waals surface area contributed by atoms with Crippen molar-refractivity contribution in [3.05, 3.63) is 37.3 Å². The Morgan fingerprint density at radius 3 is 2.61 bits per heavy atom. The minimum absolute atomic E-state index is 0.0718. The van der Waals surface area contributed by atoms with Crippen molar-refractivity contribution in [2.45, 2.75) is 49.6 Å². The lowest BCUT2D eigenvalue weighted by Crippen LogP contribution is -2.48. The van der Waals surface area contributed by atoms with Crippen LogP contribution in [-0.4, -0.2) is 54.2 Å². The van der Waals surface area contributed by atoms with Crippen molar-refractivity contribution in [2.75, 3.05) is 13.1 Å². The summed E-state index contributed by atoms with van der Waals surface area (Å²) >= 11 is 13.9. The molecule has 178 valence electrons. The minimum Gasteiger partial charge on any atom is -0.459 e. The van der Waals surface area contributed by atoms with Gasteiger partial charge in [-0.05, 0) is 50.3 Å². The molecule has 0 bridgehead atoms. The molecule has 33 heavy (non-hydrogen) atoms. The molecule has 1 amide bonds. The Balaban J connectivity index is 1.89. The van der Waals surface area contributed by atoms with Crippen molar-refractivity contribution in [2.24, 2.45) is 0 Å². The Bertz CT molecular complexity index is 1190. The molecule has 0 unspecified atom stereocenters. The molecule has 0 radical (unpaired) electrons. The molecule has 8 nitrogen and oxygen atoms in total. The van der Waals surface area contributed by atoms with Crippen molar-refractivity contribution >= 4 is 67.8 Å². The molecular formula is C20H21Cl2N3O5S3. The molecule has 0 spiro atoms. The Labute approximate surface area is 210 Å². The second-order valence-corrected chi connectivity index (χ2v) is 13.4. The summed E-state index contributed by atoms with van der Waals surface area (Å²) in [4.78, 5) is 27.8. The summed E-state index contributed by atoms with van der Waals surface area (Å²) in [5, 5.41) is 10.9. The van der Waals surface area contributed by atoms with Crippen LogP contribution >= 0.6 is 45.9 Å². The summed E-state index contributed by atoms with van der Waals surface area (Å²) in [6.07, 6.45) is 0.197. The van der Waals surface area contributed by atoms with E-state index in [0.717, 1.165) is 21.2 Å². The third-order valence-corrected chi connectivity index (χ3v) is 9.70. The maximum Gasteiger partial charge on any atom is 0.321 e. The number of hydrogen-bond acceptors (Lipinski definition) is 8. The molecule has 3 heterocycles. The summed E-state index contributed by atoms with van der Waals surface area (Å²) < 4.78 is 33.0. The lowest BCUT2D eigenvalue weighted by Gasteiger charge is -2.28. The lowest BCUT2D eigenvalue weighted by atomic mass is 10.2. The van der Waals surface area contributed by atoms with Gasteiger partial charge >= 0.3 is 5.97 Å². The number of nitrogens with zero attached hydrogens (tertiary/aromatic N) is 3. The molecule has 0 saturated carbocycles. The third-order valence-electron chi connectivity index (χ3n) is 4.64. The summed E-state index contributed by atoms with van der Waals surface area (Å²) in [6.45, 7) is 4.91. The number of nitriles is 1. The number of hydrogen-bond donors (Lipinski definition) is 0. The van der Waals surface area contributed by atoms with E-state index in [-0.39, 0.29) is 26.5 Å². The highest BCUT2D eigenvalue weighted by molar-refractivity contribution is 7.91. The van der Waals surface area contributed by atoms with Crippen LogP contribution in [0.3, 0.4) is 0 Å². The van der Waals surface area contributed by atoms with Crippen LogP contribution in [0.15, 0.2) is 21.7 Å². The normalized spacial score (nSPS) is 16.9. The van der Waals surface area contributed by atoms with Crippen LogP contribution in [0.2, 0.25) is 9.36 Å². The van der Waals surface area contributed by atoms with Gasteiger partial charge < -0.3 is 9.64 Å². The Hall–Kier alpha value is -1.68. The van der Waals surface area contributed by atoms with Crippen molar-refractivity contribution in [3.63, 3.8) is 0 Å². The van der Waals surface area contributed by atoms with Gasteiger partial charge in [-0.3, -0.25) is 9.59 Å². The summed E-state index contributed by atoms with van der Waals surface area (Å²) in [7, 11) is -4.27. The summed E-state index contributed by atoms with van der Waals surface area (Å²) in [6, 6.07) is 3.86. The first-order chi connectivity index (χ1) is 15.3. The number of sulfonamides is 1. The van der Waals surface area contributed by atoms with E-state index in [1.54, 1.807) is 32.2 Å². The molecule has 0 N–H and O–H groups in total. The van der Waals surface area contributed by atoms with Crippen LogP contribution < -0.4 is 0 Å². The average molecular weight is 551 g/mol. The molecule has 3 rings (SSSR count). The second kappa shape index (κ2) is 9.90. The van der Waals surface area contributed by atoms with Crippen LogP contribution in [0.4, 0.5) is 0 Å². The molecule has 0 aromatic carbocycles. The van der Waals surface area contributed by atoms with E-state index >= 15 is 0 Å². The third kappa shape index (κ3) is 6.07. The second-order valence-electron chi connectivity index (χ2n) is 8.32. The number of likely N-dealkylation sites (tertiary alicyclic amines) is 1. The zero-order valence-corrected chi connectivity index (χ0v) is 22.0. The van der Waals surface area contributed by atoms with E-state index in [1.165, 1.54) is 22.3 Å². The first kappa shape index (κ1) is 25.9. The number of rotatable bonds is 7. The van der Waals surface area contributed by atoms with Gasteiger partial charge in [0.2, 0.25) is 5.91 Å². The molecule has 13 heteroatoms. The van der Waals surface area contributed by atoms with Gasteiger partial charge in [-0.2, -0.15) is 9.57 Å². The van der Waals surface area contributed by atoms with E-state index in [0.29, 0.717) is 11.4 Å². The van der Waals surface area contributed by atoms with Gasteiger partial charge in [0.05, 0.1) is 5.02 Å². The van der Waals surface area contributed by atoms with E-state index in [4.69, 9.17) is 33.2 Å². The molecule has 1 aliphatic rings. The smallest absolute Gasteiger partial charge is 0.321 e. The van der Waals surface area contributed by atoms with E-state index in [1.807, 2.05) is 0 Å². The predicted octanol–water partition coefficient (Wildman–Crippen LogP) is 4.12. The van der Waals surface area contributed by atoms with Crippen molar-refractivity contribution in [1.82, 2.24) is 9.21 Å². The van der Waals surface area contributed by atoms with E-state index in [2.05, 4.69) is 6.07 Å². The SMILES string of the molecule is CC(C)(C)OC(=O)CN([C@H]1CCN(Cc2csc(C#N)c2)C1=O)S(=O)(=O)c1cc(Cl)c(Cl)s1. The Morgan fingerprint density at radius 2 is 2.06 bits per heavy atom. The molecule has 1 fully saturated rings. The zero-order chi connectivity index (χ0) is 24.6. The van der Waals surface area contributed by atoms with Crippen LogP contribution in [0.1, 0.15) is 37.6 Å². The maximum atomic E-state index is 13.4. The van der Waals surface area contributed by atoms with Gasteiger partial charge in [0.25, 0.3) is 10.0 Å². The fourth-order valence-corrected chi connectivity index (χ4v) is 7.58. The molecule has 0 aliphatic carbocycles. The van der Waals surface area contributed by atoms with Gasteiger partial charge in [-0.25, -0.2) is 8.42 Å². The monoisotopic (exact) mass is 549 g/mol. The number of carbonyl (C=O) groups excluding carboxylic acids is 2. The number of amides is 1. The van der Waals surface area contributed by atoms with Gasteiger partial charge in [-0.1, -0.05) is 23.2 Å². The van der Waals surface area contributed by atoms with Crippen molar-refractivity contribution in [3.8, 4) is 6.07 Å². The number of ether oxygens (including phenoxy) is 1. The maximum absolute atomic E-state index is 13.4. The molecule has 1 saturated heterocycles. The topological polar surface area (TPSA) is 108 Å². The molecule has 2 aromatic rings. The number of thiophene rings is 2. The minimum atomic E-state index is -4.27. The summed E-state index contributed by atoms with van der Waals surface area (Å²) in [5.74, 6) is -1.21. The highest BCUT2D eigenvalue weighted by Gasteiger charge is 2.44. The standard InChI is InChI=1S/C20H21Cl2N3O5S3/c1-20(2,3)30-16(26)10-25(33(28,29)17-7-14(21)18(22)32-17)15-4-5-24(19(15)27)9-12-6-13(8-23)31-11-12/h6-7,11,15H,4-5,9-10H2,1-3H3/t15-/m0/s1. The van der Waals surface area contributed by atoms with Gasteiger partial charge in [-0.15, -0.1) is 22.7 Å². The summed E-state index contributed by atoms with van der Waals surface area (Å²) in [5.41, 5.74) is -0.0468. The highest BCUT2D eigenvalue weighted by atomic mass is 35.5. The zero-order valence-electron chi connectivity index (χ0n) is 18.0. The quantitative estimate of drug-likeness (QED) is 0.480. The fraction of sp³-hybridized carbons (Fsp3) is 0.450. The lowest BCUT2D eigenvalue weighted by molar-refractivity contribution is -0.155. The van der Waals surface area contributed by atoms with E-state index in [9.17, 15) is 18.0 Å². The molecule has 2 aromatic heterocycles. The van der Waals surface area contributed by atoms with Gasteiger partial charge in [0.1, 0.15) is 37.7 Å². The largest absolute Gasteiger partial charge is 0.459 e. The average Bonchev–Trinajstić information content (AvgIpc) is 3.40. The highest BCUT2D eigenvalue weighted by Crippen LogP contribution is 2.37. The molecule has 1 atom stereocenters. The molecule has 1 aliphatic heterocycles. The van der Waals surface area contributed by atoms with Crippen LogP contribution in [0.5, 0.6) is 0 Å². The fourth-order valence-electron chi connectivity index (χ4n) is 3.32.